The zero-order valence-corrected chi connectivity index (χ0v) is 33.9. The summed E-state index contributed by atoms with van der Waals surface area (Å²) < 4.78 is 26.5. The Bertz CT molecular complexity index is 1840. The molecule has 11 heteroatoms. The molecule has 10 nitrogen and oxygen atoms in total. The number of alkyl halides is 1. The van der Waals surface area contributed by atoms with E-state index in [1.807, 2.05) is 49.4 Å². The second-order valence-corrected chi connectivity index (χ2v) is 15.3. The molecule has 6 unspecified atom stereocenters. The van der Waals surface area contributed by atoms with E-state index in [2.05, 4.69) is 48.1 Å². The molecular weight excluding hydrogens is 744 g/mol. The standard InChI is InChI=1S/C46H57ClN2O8/c1-4-24-49(45(52)54-28-23-47)42-31-40(48-53-3)38-29-34(15-9-11-25-50)37(16-10-12-26-51)43-39-30-36(21-22-41(39)57-46(42,44(38)43)55-27-5-2)56-35-19-17-33(18-20-35)32-13-7-6-8-14-32/h5-8,13-14,17-22,29-30,34,37,42-44,50-51H,2,4,9-12,15-16,23-28,31H2,1,3H3. The monoisotopic (exact) mass is 800 g/mol. The third-order valence-corrected chi connectivity index (χ3v) is 11.6. The first kappa shape index (κ1) is 42.3. The van der Waals surface area contributed by atoms with Gasteiger partial charge in [-0.1, -0.05) is 79.5 Å². The highest BCUT2D eigenvalue weighted by atomic mass is 35.5. The molecule has 0 radical (unpaired) electrons. The van der Waals surface area contributed by atoms with Gasteiger partial charge >= 0.3 is 6.09 Å². The Balaban J connectivity index is 1.52. The van der Waals surface area contributed by atoms with E-state index in [0.29, 0.717) is 49.5 Å². The van der Waals surface area contributed by atoms with Crippen molar-refractivity contribution in [1.82, 2.24) is 4.90 Å². The zero-order valence-electron chi connectivity index (χ0n) is 33.2. The summed E-state index contributed by atoms with van der Waals surface area (Å²) in [6, 6.07) is 23.6. The van der Waals surface area contributed by atoms with Gasteiger partial charge in [0.2, 0.25) is 5.79 Å². The minimum Gasteiger partial charge on any atom is -0.459 e. The number of aliphatic hydroxyl groups is 2. The average Bonchev–Trinajstić information content (AvgIpc) is 3.23. The molecule has 1 fully saturated rings. The van der Waals surface area contributed by atoms with E-state index in [4.69, 9.17) is 35.4 Å². The Hall–Kier alpha value is -4.35. The van der Waals surface area contributed by atoms with Gasteiger partial charge in [0.1, 0.15) is 37.0 Å². The summed E-state index contributed by atoms with van der Waals surface area (Å²) in [5.41, 5.74) is 4.90. The molecule has 0 bridgehead atoms. The van der Waals surface area contributed by atoms with Gasteiger partial charge in [0, 0.05) is 37.7 Å². The summed E-state index contributed by atoms with van der Waals surface area (Å²) in [6.45, 7) is 6.86. The van der Waals surface area contributed by atoms with E-state index < -0.39 is 23.8 Å². The van der Waals surface area contributed by atoms with Crippen LogP contribution in [0.15, 0.2) is 102 Å². The van der Waals surface area contributed by atoms with E-state index in [-0.39, 0.29) is 50.1 Å². The van der Waals surface area contributed by atoms with E-state index in [0.717, 1.165) is 53.7 Å². The number of ether oxygens (including phenoxy) is 4. The summed E-state index contributed by atoms with van der Waals surface area (Å²) in [7, 11) is 1.54. The van der Waals surface area contributed by atoms with Gasteiger partial charge in [-0.15, -0.1) is 18.2 Å². The molecule has 1 aliphatic heterocycles. The Kier molecular flexibility index (Phi) is 15.1. The summed E-state index contributed by atoms with van der Waals surface area (Å²) in [6.07, 6.45) is 9.20. The number of hydrogen-bond acceptors (Lipinski definition) is 9. The van der Waals surface area contributed by atoms with Gasteiger partial charge in [-0.2, -0.15) is 0 Å². The van der Waals surface area contributed by atoms with Crippen molar-refractivity contribution in [2.75, 3.05) is 46.0 Å². The molecule has 57 heavy (non-hydrogen) atoms. The maximum atomic E-state index is 14.0. The fourth-order valence-corrected chi connectivity index (χ4v) is 9.21. The average molecular weight is 801 g/mol. The minimum absolute atomic E-state index is 0.0635. The normalized spacial score (nSPS) is 24.1. The number of nitrogens with zero attached hydrogens (tertiary/aromatic N) is 2. The van der Waals surface area contributed by atoms with Crippen LogP contribution < -0.4 is 9.47 Å². The highest BCUT2D eigenvalue weighted by molar-refractivity contribution is 6.18. The number of fused-ring (bicyclic) bond motifs is 2. The number of carbonyl (C=O) groups excluding carboxylic acids is 1. The van der Waals surface area contributed by atoms with Gasteiger partial charge in [-0.25, -0.2) is 4.79 Å². The van der Waals surface area contributed by atoms with Crippen LogP contribution in [0.2, 0.25) is 0 Å². The fraction of sp³-hybridized carbons (Fsp3) is 0.478. The van der Waals surface area contributed by atoms with Crippen LogP contribution in [0.4, 0.5) is 4.79 Å². The quantitative estimate of drug-likeness (QED) is 0.0502. The third-order valence-electron chi connectivity index (χ3n) is 11.4. The van der Waals surface area contributed by atoms with Crippen molar-refractivity contribution in [2.45, 2.75) is 76.0 Å². The Labute approximate surface area is 342 Å². The van der Waals surface area contributed by atoms with Crippen molar-refractivity contribution in [2.24, 2.45) is 22.9 Å². The fourth-order valence-electron chi connectivity index (χ4n) is 9.13. The molecule has 0 spiro atoms. The Morgan fingerprint density at radius 2 is 1.72 bits per heavy atom. The van der Waals surface area contributed by atoms with Gasteiger partial charge in [-0.3, -0.25) is 4.90 Å². The van der Waals surface area contributed by atoms with Gasteiger partial charge in [0.15, 0.2) is 0 Å². The van der Waals surface area contributed by atoms with Crippen molar-refractivity contribution in [3.05, 3.63) is 103 Å². The van der Waals surface area contributed by atoms with Crippen LogP contribution in [0.1, 0.15) is 69.8 Å². The van der Waals surface area contributed by atoms with Crippen LogP contribution in [0.25, 0.3) is 11.1 Å². The summed E-state index contributed by atoms with van der Waals surface area (Å²) >= 11 is 5.99. The predicted octanol–water partition coefficient (Wildman–Crippen LogP) is 9.50. The molecule has 1 heterocycles. The molecule has 1 amide bonds. The van der Waals surface area contributed by atoms with Crippen LogP contribution in [0, 0.1) is 17.8 Å². The van der Waals surface area contributed by atoms with Crippen LogP contribution in [0.5, 0.6) is 17.2 Å². The summed E-state index contributed by atoms with van der Waals surface area (Å²) in [5.74, 6) is 0.436. The zero-order chi connectivity index (χ0) is 40.2. The number of hydrogen-bond donors (Lipinski definition) is 2. The van der Waals surface area contributed by atoms with E-state index in [1.54, 1.807) is 11.0 Å². The molecule has 0 saturated heterocycles. The first-order valence-corrected chi connectivity index (χ1v) is 20.9. The second kappa shape index (κ2) is 20.4. The van der Waals surface area contributed by atoms with E-state index >= 15 is 0 Å². The van der Waals surface area contributed by atoms with Gasteiger partial charge in [-0.05, 0) is 91.0 Å². The third kappa shape index (κ3) is 9.36. The lowest BCUT2D eigenvalue weighted by molar-refractivity contribution is -0.255. The number of rotatable bonds is 20. The molecule has 6 atom stereocenters. The van der Waals surface area contributed by atoms with Crippen LogP contribution in [-0.2, 0) is 14.3 Å². The van der Waals surface area contributed by atoms with E-state index in [1.165, 1.54) is 7.11 Å². The van der Waals surface area contributed by atoms with Gasteiger partial charge in [0.25, 0.3) is 0 Å². The first-order chi connectivity index (χ1) is 27.9. The summed E-state index contributed by atoms with van der Waals surface area (Å²) in [4.78, 5) is 21.2. The van der Waals surface area contributed by atoms with Crippen molar-refractivity contribution in [1.29, 1.82) is 0 Å². The maximum absolute atomic E-state index is 14.0. The van der Waals surface area contributed by atoms with Crippen LogP contribution >= 0.6 is 11.6 Å². The minimum atomic E-state index is -1.36. The van der Waals surface area contributed by atoms with Gasteiger partial charge < -0.3 is 34.0 Å². The number of allylic oxidation sites excluding steroid dienone is 1. The lowest BCUT2D eigenvalue weighted by Gasteiger charge is -2.59. The lowest BCUT2D eigenvalue weighted by Crippen LogP contribution is -2.70. The van der Waals surface area contributed by atoms with Crippen molar-refractivity contribution >= 4 is 23.4 Å². The molecule has 2 aliphatic carbocycles. The smallest absolute Gasteiger partial charge is 0.410 e. The molecular formula is C46H57ClN2O8. The maximum Gasteiger partial charge on any atom is 0.410 e. The number of benzene rings is 3. The topological polar surface area (TPSA) is 119 Å². The number of unbranched alkanes of at least 4 members (excludes halogenated alkanes) is 2. The largest absolute Gasteiger partial charge is 0.459 e. The molecule has 1 saturated carbocycles. The van der Waals surface area contributed by atoms with Crippen molar-refractivity contribution < 1.29 is 38.8 Å². The second-order valence-electron chi connectivity index (χ2n) is 14.9. The van der Waals surface area contributed by atoms with Crippen LogP contribution in [-0.4, -0.2) is 84.7 Å². The predicted molar refractivity (Wildman–Crippen MR) is 223 cm³/mol. The van der Waals surface area contributed by atoms with Crippen molar-refractivity contribution in [3.8, 4) is 28.4 Å². The highest BCUT2D eigenvalue weighted by Crippen LogP contribution is 2.62. The molecule has 6 rings (SSSR count). The Morgan fingerprint density at radius 1 is 1.00 bits per heavy atom. The molecule has 0 aromatic heterocycles. The van der Waals surface area contributed by atoms with E-state index in [9.17, 15) is 15.0 Å². The van der Waals surface area contributed by atoms with Crippen LogP contribution in [0.3, 0.4) is 0 Å². The molecule has 2 N–H and O–H groups in total. The first-order valence-electron chi connectivity index (χ1n) is 20.4. The SMILES string of the molecule is C=CCOC12Oc3ccc(Oc4ccc(-c5ccccc5)cc4)cc3C3C(CCCCO)C(CCCCO)C=C(C(=NOC)CC1N(CCC)C(=O)OCCCl)C32. The molecule has 3 aromatic carbocycles. The summed E-state index contributed by atoms with van der Waals surface area (Å²) in [5, 5.41) is 24.3. The molecule has 306 valence electrons. The number of halogens is 1. The number of aliphatic hydroxyl groups excluding tert-OH is 2. The number of oxime groups is 1. The molecule has 3 aliphatic rings. The van der Waals surface area contributed by atoms with Crippen molar-refractivity contribution in [3.63, 3.8) is 0 Å². The van der Waals surface area contributed by atoms with Gasteiger partial charge in [0.05, 0.1) is 24.1 Å². The molecule has 3 aromatic rings. The lowest BCUT2D eigenvalue weighted by atomic mass is 9.55. The number of carbonyl (C=O) groups is 1. The Morgan fingerprint density at radius 3 is 2.40 bits per heavy atom. The highest BCUT2D eigenvalue weighted by Gasteiger charge is 2.65. The number of amides is 1.